The second kappa shape index (κ2) is 18.4. The Kier molecular flexibility index (Phi) is 9.29. The highest BCUT2D eigenvalue weighted by molar-refractivity contribution is 7.00. The quantitative estimate of drug-likeness (QED) is 0.147. The van der Waals surface area contributed by atoms with E-state index in [-0.39, 0.29) is 63.7 Å². The number of anilines is 9. The molecule has 10 aromatic rings. The average Bonchev–Trinajstić information content (AvgIpc) is 0.806. The van der Waals surface area contributed by atoms with E-state index in [2.05, 4.69) is 206 Å². The van der Waals surface area contributed by atoms with Crippen LogP contribution < -0.4 is 31.1 Å². The van der Waals surface area contributed by atoms with Crippen molar-refractivity contribution in [2.24, 2.45) is 0 Å². The molecule has 2 aliphatic heterocycles. The van der Waals surface area contributed by atoms with Crippen LogP contribution in [0.2, 0.25) is 0 Å². The van der Waals surface area contributed by atoms with Gasteiger partial charge in [0.15, 0.2) is 0 Å². The minimum absolute atomic E-state index is 0.0955. The number of benzene rings is 10. The molecule has 3 aliphatic rings. The molecule has 0 N–H and O–H groups in total. The van der Waals surface area contributed by atoms with Gasteiger partial charge in [-0.25, -0.2) is 0 Å². The van der Waals surface area contributed by atoms with Gasteiger partial charge < -0.3 is 14.7 Å². The molecule has 0 bridgehead atoms. The molecule has 0 spiro atoms. The van der Waals surface area contributed by atoms with Gasteiger partial charge in [-0.3, -0.25) is 0 Å². The van der Waals surface area contributed by atoms with Crippen LogP contribution in [0.5, 0.6) is 0 Å². The number of hydrogen-bond acceptors (Lipinski definition) is 3. The number of hydrogen-bond donors (Lipinski definition) is 0. The summed E-state index contributed by atoms with van der Waals surface area (Å²) >= 11 is 0. The summed E-state index contributed by atoms with van der Waals surface area (Å²) in [5, 5.41) is 0. The van der Waals surface area contributed by atoms with Crippen molar-refractivity contribution in [1.29, 1.82) is 0 Å². The van der Waals surface area contributed by atoms with Gasteiger partial charge in [-0.15, -0.1) is 0 Å². The maximum Gasteiger partial charge on any atom is 0.252 e. The van der Waals surface area contributed by atoms with Crippen LogP contribution >= 0.6 is 0 Å². The zero-order valence-corrected chi connectivity index (χ0v) is 47.0. The van der Waals surface area contributed by atoms with E-state index in [1.165, 1.54) is 49.9 Å². The Morgan fingerprint density at radius 2 is 0.899 bits per heavy atom. The molecule has 10 aromatic carbocycles. The third-order valence-corrected chi connectivity index (χ3v) is 16.7. The molecule has 0 radical (unpaired) electrons. The van der Waals surface area contributed by atoms with E-state index in [4.69, 9.17) is 13.7 Å². The van der Waals surface area contributed by atoms with E-state index in [9.17, 15) is 0 Å². The van der Waals surface area contributed by atoms with Crippen LogP contribution in [0, 0.1) is 0 Å². The Morgan fingerprint density at radius 1 is 0.392 bits per heavy atom. The fourth-order valence-electron chi connectivity index (χ4n) is 12.3. The van der Waals surface area contributed by atoms with Gasteiger partial charge in [0.25, 0.3) is 6.71 Å². The van der Waals surface area contributed by atoms with Crippen molar-refractivity contribution in [2.45, 2.75) is 97.8 Å². The summed E-state index contributed by atoms with van der Waals surface area (Å²) in [5.74, 6) is 0. The zero-order valence-electron chi connectivity index (χ0n) is 57.0. The lowest BCUT2D eigenvalue weighted by Crippen LogP contribution is -2.61. The highest BCUT2D eigenvalue weighted by Crippen LogP contribution is 2.53. The molecule has 0 aromatic heterocycles. The molecule has 0 fully saturated rings. The minimum atomic E-state index is -0.461. The highest BCUT2D eigenvalue weighted by atomic mass is 15.2. The first-order valence-corrected chi connectivity index (χ1v) is 27.5. The predicted molar refractivity (Wildman–Crippen MR) is 340 cm³/mol. The average molecular weight is 1030 g/mol. The molecule has 79 heavy (non-hydrogen) atoms. The Hall–Kier alpha value is -8.34. The molecule has 0 atom stereocenters. The second-order valence-corrected chi connectivity index (χ2v) is 25.2. The van der Waals surface area contributed by atoms with Gasteiger partial charge in [0.2, 0.25) is 0 Å². The van der Waals surface area contributed by atoms with E-state index in [0.717, 1.165) is 45.3 Å². The van der Waals surface area contributed by atoms with Gasteiger partial charge in [-0.2, -0.15) is 0 Å². The molecule has 3 nitrogen and oxygen atoms in total. The maximum absolute atomic E-state index is 8.86. The van der Waals surface area contributed by atoms with Crippen LogP contribution in [-0.4, -0.2) is 6.71 Å². The van der Waals surface area contributed by atoms with Crippen LogP contribution in [0.1, 0.15) is 118 Å². The predicted octanol–water partition coefficient (Wildman–Crippen LogP) is 18.8. The lowest BCUT2D eigenvalue weighted by Gasteiger charge is -2.46. The summed E-state index contributed by atoms with van der Waals surface area (Å²) in [7, 11) is 0. The number of fused-ring (bicyclic) bond motifs is 7. The van der Waals surface area contributed by atoms with Crippen molar-refractivity contribution in [2.75, 3.05) is 14.7 Å². The SMILES string of the molecule is [2H]c1c([2H])c([2H])c(-c2ccc(N(c3ccc(-c4c([2H])c([2H])c([2H])c([2H])c4[2H])cc3)c3ccc4c(c3)N(c3ccc(C(C)(C)C)cc3)c3cc(C(C)(C)C)cc5c3B4c3cc(C(C)(C)C)ccc3N5c3ccc4c(c3)C(C)(C)c3ccccc3-4)cc2)c([2H])c1[2H]. The van der Waals surface area contributed by atoms with Crippen LogP contribution in [0.3, 0.4) is 0 Å². The molecule has 388 valence electrons. The normalized spacial score (nSPS) is 15.8. The first-order chi connectivity index (χ1) is 42.0. The third kappa shape index (κ3) is 8.50. The molecule has 1 aliphatic carbocycles. The van der Waals surface area contributed by atoms with Crippen LogP contribution in [0.25, 0.3) is 33.4 Å². The highest BCUT2D eigenvalue weighted by Gasteiger charge is 2.46. The molecular weight excluding hydrogens is 954 g/mol. The Morgan fingerprint density at radius 3 is 1.47 bits per heavy atom. The number of nitrogens with zero attached hydrogens (tertiary/aromatic N) is 3. The lowest BCUT2D eigenvalue weighted by atomic mass is 9.33. The lowest BCUT2D eigenvalue weighted by molar-refractivity contribution is 0.590. The fraction of sp³-hybridized carbons (Fsp3) is 0.200. The molecule has 0 unspecified atom stereocenters. The molecular formula is C75H70BN3. The largest absolute Gasteiger partial charge is 0.311 e. The summed E-state index contributed by atoms with van der Waals surface area (Å²) in [5.41, 5.74) is 21.1. The van der Waals surface area contributed by atoms with Crippen molar-refractivity contribution in [3.8, 4) is 33.4 Å². The summed E-state index contributed by atoms with van der Waals surface area (Å²) in [6, 6.07) is 54.4. The van der Waals surface area contributed by atoms with Gasteiger partial charge in [0, 0.05) is 56.6 Å². The van der Waals surface area contributed by atoms with E-state index in [1.54, 1.807) is 24.3 Å². The minimum Gasteiger partial charge on any atom is -0.311 e. The van der Waals surface area contributed by atoms with E-state index in [1.807, 2.05) is 24.3 Å². The molecule has 2 heterocycles. The molecule has 0 amide bonds. The van der Waals surface area contributed by atoms with E-state index < -0.39 is 36.3 Å². The zero-order chi connectivity index (χ0) is 63.5. The third-order valence-electron chi connectivity index (χ3n) is 16.7. The summed E-state index contributed by atoms with van der Waals surface area (Å²) in [6.45, 7) is 24.8. The van der Waals surface area contributed by atoms with Crippen molar-refractivity contribution in [3.63, 3.8) is 0 Å². The summed E-state index contributed by atoms with van der Waals surface area (Å²) in [4.78, 5) is 7.07. The van der Waals surface area contributed by atoms with Gasteiger partial charge in [0.05, 0.1) is 13.7 Å². The van der Waals surface area contributed by atoms with Gasteiger partial charge >= 0.3 is 0 Å². The molecule has 13 rings (SSSR count). The van der Waals surface area contributed by atoms with Crippen molar-refractivity contribution in [1.82, 2.24) is 0 Å². The van der Waals surface area contributed by atoms with Crippen molar-refractivity contribution in [3.05, 3.63) is 252 Å². The maximum atomic E-state index is 8.86. The van der Waals surface area contributed by atoms with Crippen LogP contribution in [0.15, 0.2) is 224 Å². The first-order valence-electron chi connectivity index (χ1n) is 32.5. The van der Waals surface area contributed by atoms with Crippen molar-refractivity contribution >= 4 is 74.3 Å². The second-order valence-electron chi connectivity index (χ2n) is 25.2. The first kappa shape index (κ1) is 39.9. The van der Waals surface area contributed by atoms with Gasteiger partial charge in [-0.05, 0) is 173 Å². The fourth-order valence-corrected chi connectivity index (χ4v) is 12.3. The van der Waals surface area contributed by atoms with Gasteiger partial charge in [0.1, 0.15) is 0 Å². The van der Waals surface area contributed by atoms with Gasteiger partial charge in [-0.1, -0.05) is 222 Å². The molecule has 4 heteroatoms. The van der Waals surface area contributed by atoms with Crippen LogP contribution in [0.4, 0.5) is 51.2 Å². The molecule has 0 saturated heterocycles. The number of rotatable bonds is 7. The monoisotopic (exact) mass is 1030 g/mol. The molecule has 0 saturated carbocycles. The van der Waals surface area contributed by atoms with Crippen LogP contribution in [-0.2, 0) is 21.7 Å². The summed E-state index contributed by atoms with van der Waals surface area (Å²) in [6.07, 6.45) is 0. The topological polar surface area (TPSA) is 9.72 Å². The summed E-state index contributed by atoms with van der Waals surface area (Å²) < 4.78 is 86.0. The standard InChI is InChI=1S/C75H70BN3/c1-72(2,3)53-30-37-58(38-31-53)78-68-48-60(77(56-33-26-51(27-34-56)49-20-14-12-15-21-49)57-35-28-52(29-36-57)50-22-16-13-17-23-50)40-42-65(68)76-66-44-54(73(4,5)6)32-43-67(66)79(70-46-55(74(7,8)9)45-69(78)71(70)76)59-39-41-62-61-24-18-19-25-63(61)75(10,11)64(62)47-59/h12-48H,1-11H3/i12D,13D,14D,15D,16D,17D,20D,21D,22D,23D. The van der Waals surface area contributed by atoms with Crippen molar-refractivity contribution < 1.29 is 13.7 Å². The van der Waals surface area contributed by atoms with E-state index in [0.29, 0.717) is 22.5 Å². The smallest absolute Gasteiger partial charge is 0.252 e. The van der Waals surface area contributed by atoms with E-state index >= 15 is 0 Å². The Labute approximate surface area is 484 Å². The Balaban J connectivity index is 1.07. The Bertz CT molecular complexity index is 4420.